The summed E-state index contributed by atoms with van der Waals surface area (Å²) in [5.74, 6) is 1.44. The molecule has 0 saturated heterocycles. The van der Waals surface area contributed by atoms with E-state index in [9.17, 15) is 4.79 Å². The first kappa shape index (κ1) is 17.1. The Morgan fingerprint density at radius 3 is 2.77 bits per heavy atom. The van der Waals surface area contributed by atoms with Crippen LogP contribution in [0.2, 0.25) is 0 Å². The number of thiol groups is 1. The van der Waals surface area contributed by atoms with Crippen molar-refractivity contribution in [1.29, 1.82) is 0 Å². The van der Waals surface area contributed by atoms with Crippen molar-refractivity contribution in [3.8, 4) is 17.1 Å². The fraction of sp³-hybridized carbons (Fsp3) is 0.421. The smallest absolute Gasteiger partial charge is 0.262 e. The minimum Gasteiger partial charge on any atom is -0.496 e. The zero-order chi connectivity index (χ0) is 18.3. The number of benzene rings is 1. The van der Waals surface area contributed by atoms with Gasteiger partial charge in [0.1, 0.15) is 17.0 Å². The summed E-state index contributed by atoms with van der Waals surface area (Å²) >= 11 is 4.34. The van der Waals surface area contributed by atoms with Gasteiger partial charge in [0.25, 0.3) is 5.56 Å². The van der Waals surface area contributed by atoms with Crippen molar-refractivity contribution in [1.82, 2.24) is 19.7 Å². The Bertz CT molecular complexity index is 1020. The lowest BCUT2D eigenvalue weighted by Crippen LogP contribution is -2.13. The number of methoxy groups -OCH3 is 1. The minimum absolute atomic E-state index is 0.143. The van der Waals surface area contributed by atoms with Crippen LogP contribution in [-0.4, -0.2) is 26.9 Å². The molecule has 136 valence electrons. The third-order valence-corrected chi connectivity index (χ3v) is 5.43. The van der Waals surface area contributed by atoms with Crippen LogP contribution >= 0.6 is 12.6 Å². The number of nitrogens with zero attached hydrogens (tertiary/aromatic N) is 3. The van der Waals surface area contributed by atoms with Crippen molar-refractivity contribution in [2.75, 3.05) is 7.11 Å². The summed E-state index contributed by atoms with van der Waals surface area (Å²) in [4.78, 5) is 21.3. The Hall–Kier alpha value is -2.28. The van der Waals surface area contributed by atoms with Gasteiger partial charge in [-0.3, -0.25) is 4.79 Å². The van der Waals surface area contributed by atoms with Crippen LogP contribution < -0.4 is 10.3 Å². The van der Waals surface area contributed by atoms with Gasteiger partial charge in [-0.1, -0.05) is 19.3 Å². The number of aryl methyl sites for hydroxylation is 1. The van der Waals surface area contributed by atoms with Gasteiger partial charge in [0, 0.05) is 17.9 Å². The molecule has 0 amide bonds. The van der Waals surface area contributed by atoms with Crippen LogP contribution in [0.5, 0.6) is 5.75 Å². The van der Waals surface area contributed by atoms with E-state index in [4.69, 9.17) is 9.72 Å². The van der Waals surface area contributed by atoms with Crippen molar-refractivity contribution in [3.63, 3.8) is 0 Å². The molecule has 1 aliphatic carbocycles. The van der Waals surface area contributed by atoms with E-state index in [-0.39, 0.29) is 5.56 Å². The molecule has 0 radical (unpaired) electrons. The lowest BCUT2D eigenvalue weighted by Gasteiger charge is -2.19. The Kier molecular flexibility index (Phi) is 4.48. The summed E-state index contributed by atoms with van der Waals surface area (Å²) in [6, 6.07) is 5.50. The summed E-state index contributed by atoms with van der Waals surface area (Å²) in [7, 11) is 3.44. The van der Waals surface area contributed by atoms with Crippen LogP contribution in [0.25, 0.3) is 22.4 Å². The van der Waals surface area contributed by atoms with E-state index in [2.05, 4.69) is 22.7 Å². The van der Waals surface area contributed by atoms with Crippen LogP contribution in [0, 0.1) is 0 Å². The monoisotopic (exact) mass is 370 g/mol. The maximum atomic E-state index is 12.9. The zero-order valence-corrected chi connectivity index (χ0v) is 15.8. The van der Waals surface area contributed by atoms with Crippen LogP contribution in [0.3, 0.4) is 0 Å². The van der Waals surface area contributed by atoms with Crippen molar-refractivity contribution in [2.45, 2.75) is 42.9 Å². The van der Waals surface area contributed by atoms with Crippen molar-refractivity contribution < 1.29 is 4.74 Å². The molecular formula is C19H22N4O2S. The van der Waals surface area contributed by atoms with Crippen LogP contribution in [0.1, 0.15) is 43.7 Å². The number of rotatable bonds is 3. The number of aromatic nitrogens is 4. The molecule has 6 nitrogen and oxygen atoms in total. The molecule has 1 aromatic carbocycles. The average Bonchev–Trinajstić information content (AvgIpc) is 2.99. The third kappa shape index (κ3) is 2.90. The molecule has 1 fully saturated rings. The minimum atomic E-state index is -0.143. The molecule has 3 aromatic rings. The fourth-order valence-corrected chi connectivity index (χ4v) is 4.04. The van der Waals surface area contributed by atoms with Crippen molar-refractivity contribution in [3.05, 3.63) is 34.2 Å². The van der Waals surface area contributed by atoms with Gasteiger partial charge in [-0.05, 0) is 31.0 Å². The molecule has 0 spiro atoms. The predicted molar refractivity (Wildman–Crippen MR) is 104 cm³/mol. The van der Waals surface area contributed by atoms with Gasteiger partial charge >= 0.3 is 0 Å². The van der Waals surface area contributed by atoms with Gasteiger partial charge in [-0.15, -0.1) is 12.6 Å². The average molecular weight is 370 g/mol. The van der Waals surface area contributed by atoms with Crippen LogP contribution in [0.15, 0.2) is 27.9 Å². The number of nitrogens with one attached hydrogen (secondary N) is 1. The van der Waals surface area contributed by atoms with E-state index in [1.165, 1.54) is 19.3 Å². The molecule has 2 aromatic heterocycles. The maximum absolute atomic E-state index is 12.9. The molecule has 0 atom stereocenters. The zero-order valence-electron chi connectivity index (χ0n) is 15.0. The second kappa shape index (κ2) is 6.79. The highest BCUT2D eigenvalue weighted by Gasteiger charge is 2.24. The topological polar surface area (TPSA) is 72.8 Å². The summed E-state index contributed by atoms with van der Waals surface area (Å²) < 4.78 is 7.15. The van der Waals surface area contributed by atoms with Gasteiger partial charge in [0.15, 0.2) is 5.65 Å². The molecule has 1 aliphatic rings. The quantitative estimate of drug-likeness (QED) is 0.690. The van der Waals surface area contributed by atoms with E-state index in [0.29, 0.717) is 28.5 Å². The number of hydrogen-bond acceptors (Lipinski definition) is 5. The van der Waals surface area contributed by atoms with Gasteiger partial charge in [0.2, 0.25) is 0 Å². The highest BCUT2D eigenvalue weighted by molar-refractivity contribution is 7.80. The van der Waals surface area contributed by atoms with E-state index >= 15 is 0 Å². The summed E-state index contributed by atoms with van der Waals surface area (Å²) in [5.41, 5.74) is 2.09. The first-order valence-corrected chi connectivity index (χ1v) is 9.37. The fourth-order valence-electron chi connectivity index (χ4n) is 3.85. The standard InChI is InChI=1S/C19H22N4O2S/c1-23-18-15(16(22-23)11-6-4-3-5-7-11)19(24)21-17(20-18)13-9-8-12(26)10-14(13)25-2/h8-11,26H,3-7H2,1-2H3,(H,20,21,24). The second-order valence-corrected chi connectivity index (χ2v) is 7.36. The number of fused-ring (bicyclic) bond motifs is 1. The Morgan fingerprint density at radius 2 is 2.04 bits per heavy atom. The Morgan fingerprint density at radius 1 is 1.27 bits per heavy atom. The molecule has 1 N–H and O–H groups in total. The Labute approximate surface area is 157 Å². The first-order valence-electron chi connectivity index (χ1n) is 8.92. The molecule has 2 heterocycles. The van der Waals surface area contributed by atoms with E-state index in [0.717, 1.165) is 29.0 Å². The SMILES string of the molecule is COc1cc(S)ccc1-c1nc2c(c(C3CCCCC3)nn2C)c(=O)[nH]1. The van der Waals surface area contributed by atoms with Crippen molar-refractivity contribution in [2.24, 2.45) is 7.05 Å². The highest BCUT2D eigenvalue weighted by atomic mass is 32.1. The normalized spacial score (nSPS) is 15.5. The lowest BCUT2D eigenvalue weighted by molar-refractivity contribution is 0.415. The van der Waals surface area contributed by atoms with Crippen LogP contribution in [0.4, 0.5) is 0 Å². The molecule has 26 heavy (non-hydrogen) atoms. The molecule has 7 heteroatoms. The largest absolute Gasteiger partial charge is 0.496 e. The van der Waals surface area contributed by atoms with E-state index in [1.54, 1.807) is 17.9 Å². The molecule has 4 rings (SSSR count). The second-order valence-electron chi connectivity index (χ2n) is 6.84. The number of aromatic amines is 1. The summed E-state index contributed by atoms with van der Waals surface area (Å²) in [6.45, 7) is 0. The number of ether oxygens (including phenoxy) is 1. The first-order chi connectivity index (χ1) is 12.6. The molecule has 0 aliphatic heterocycles. The van der Waals surface area contributed by atoms with Gasteiger partial charge in [-0.25, -0.2) is 9.67 Å². The van der Waals surface area contributed by atoms with E-state index < -0.39 is 0 Å². The highest BCUT2D eigenvalue weighted by Crippen LogP contribution is 2.35. The van der Waals surface area contributed by atoms with Gasteiger partial charge in [0.05, 0.1) is 18.4 Å². The lowest BCUT2D eigenvalue weighted by atomic mass is 9.86. The maximum Gasteiger partial charge on any atom is 0.262 e. The van der Waals surface area contributed by atoms with Gasteiger partial charge < -0.3 is 9.72 Å². The van der Waals surface area contributed by atoms with Crippen LogP contribution in [-0.2, 0) is 7.05 Å². The number of H-pyrrole nitrogens is 1. The molecule has 0 bridgehead atoms. The van der Waals surface area contributed by atoms with E-state index in [1.807, 2.05) is 19.2 Å². The Balaban J connectivity index is 1.88. The predicted octanol–water partition coefficient (Wildman–Crippen LogP) is 3.67. The summed E-state index contributed by atoms with van der Waals surface area (Å²) in [6.07, 6.45) is 5.83. The summed E-state index contributed by atoms with van der Waals surface area (Å²) in [5, 5.41) is 5.27. The van der Waals surface area contributed by atoms with Gasteiger partial charge in [-0.2, -0.15) is 5.10 Å². The molecule has 0 unspecified atom stereocenters. The molecular weight excluding hydrogens is 348 g/mol. The van der Waals surface area contributed by atoms with Crippen molar-refractivity contribution >= 4 is 23.7 Å². The molecule has 1 saturated carbocycles. The third-order valence-electron chi connectivity index (χ3n) is 5.15. The number of hydrogen-bond donors (Lipinski definition) is 2.